The maximum Gasteiger partial charge on any atom is 0.329 e. The molecule has 3 heterocycles. The lowest BCUT2D eigenvalue weighted by Gasteiger charge is -2.39. The number of benzene rings is 1. The maximum atomic E-state index is 12.8. The smallest absolute Gasteiger partial charge is 0.329 e. The number of likely N-dealkylation sites (N-methyl/N-ethyl adjacent to an activating group) is 1. The molecule has 1 radical (unpaired) electrons. The first-order chi connectivity index (χ1) is 21.0. The van der Waals surface area contributed by atoms with Gasteiger partial charge in [-0.15, -0.1) is 0 Å². The Hall–Kier alpha value is -4.02. The second-order valence-corrected chi connectivity index (χ2v) is 18.7. The molecule has 3 aromatic rings. The maximum absolute atomic E-state index is 12.8. The van der Waals surface area contributed by atoms with Crippen molar-refractivity contribution in [2.24, 2.45) is 0 Å². The number of hydrogen-bond acceptors (Lipinski definition) is 9. The van der Waals surface area contributed by atoms with Crippen LogP contribution in [0.25, 0.3) is 11.3 Å². The molecule has 1 atom stereocenters. The molecule has 2 aromatic heterocycles. The second-order valence-electron chi connectivity index (χ2n) is 13.9. The first-order valence-electron chi connectivity index (χ1n) is 15.2. The van der Waals surface area contributed by atoms with Gasteiger partial charge in [0, 0.05) is 55.2 Å². The van der Waals surface area contributed by atoms with E-state index in [0.29, 0.717) is 36.2 Å². The Labute approximate surface area is 268 Å². The molecule has 0 fully saturated rings. The zero-order valence-electron chi connectivity index (χ0n) is 28.1. The number of carbonyl (C=O) groups is 2. The Morgan fingerprint density at radius 3 is 2.64 bits per heavy atom. The van der Waals surface area contributed by atoms with Crippen LogP contribution in [0.5, 0.6) is 0 Å². The van der Waals surface area contributed by atoms with E-state index in [1.165, 1.54) is 7.41 Å². The molecule has 11 nitrogen and oxygen atoms in total. The summed E-state index contributed by atoms with van der Waals surface area (Å²) in [6.45, 7) is 20.0. The predicted octanol–water partition coefficient (Wildman–Crippen LogP) is 5.04. The van der Waals surface area contributed by atoms with E-state index in [4.69, 9.17) is 9.41 Å². The number of hydrogen-bond donors (Lipinski definition) is 1. The molecule has 1 aliphatic rings. The molecule has 0 bridgehead atoms. The first kappa shape index (κ1) is 33.9. The Balaban J connectivity index is 1.70. The molecule has 1 aromatic carbocycles. The summed E-state index contributed by atoms with van der Waals surface area (Å²) in [4.78, 5) is 37.1. The highest BCUT2D eigenvalue weighted by Crippen LogP contribution is 2.46. The third-order valence-electron chi connectivity index (χ3n) is 9.03. The summed E-state index contributed by atoms with van der Waals surface area (Å²) < 4.78 is 8.31. The number of rotatable bonds is 11. The van der Waals surface area contributed by atoms with Crippen LogP contribution in [0, 0.1) is 18.3 Å². The number of carbonyl (C=O) groups excluding carboxylic acids is 2. The number of fused-ring (bicyclic) bond motifs is 1. The normalized spacial score (nSPS) is 16.4. The molecule has 0 aliphatic carbocycles. The topological polar surface area (TPSA) is 129 Å². The van der Waals surface area contributed by atoms with Gasteiger partial charge >= 0.3 is 7.41 Å². The lowest BCUT2D eigenvalue weighted by atomic mass is 9.83. The van der Waals surface area contributed by atoms with Crippen molar-refractivity contribution >= 4 is 45.3 Å². The number of aryl methyl sites for hydroxylation is 1. The van der Waals surface area contributed by atoms with Crippen LogP contribution in [0.3, 0.4) is 0 Å². The standard InChI is InChI=1S/C32H44BN8O3Si/c1-21(2)39(8)28(43)17-41-27(13-22(3)38-41)37-30-35-12-11-26(36-30)23-14-24(16-34)29-25(15-23)32(7,18-40(29)33-20-42)19-44-45(9,10)31(4,5)6/h11-15,20-21H,17-19H2,1-10H3,(H,35,36,37)/t32-/m1/s1. The average molecular weight is 628 g/mol. The van der Waals surface area contributed by atoms with E-state index in [1.807, 2.05) is 37.7 Å². The van der Waals surface area contributed by atoms with Gasteiger partial charge in [-0.1, -0.05) is 27.7 Å². The molecule has 13 heteroatoms. The Kier molecular flexibility index (Phi) is 9.61. The van der Waals surface area contributed by atoms with Gasteiger partial charge < -0.3 is 24.2 Å². The van der Waals surface area contributed by atoms with Gasteiger partial charge in [0.1, 0.15) is 24.6 Å². The van der Waals surface area contributed by atoms with Crippen molar-refractivity contribution in [3.05, 3.63) is 47.3 Å². The number of aromatic nitrogens is 4. The summed E-state index contributed by atoms with van der Waals surface area (Å²) in [5.41, 5.74) is 3.75. The molecule has 4 rings (SSSR count). The van der Waals surface area contributed by atoms with Crippen LogP contribution >= 0.6 is 0 Å². The van der Waals surface area contributed by atoms with E-state index in [1.54, 1.807) is 35.0 Å². The molecule has 237 valence electrons. The minimum Gasteiger partial charge on any atom is -0.416 e. The Morgan fingerprint density at radius 1 is 1.31 bits per heavy atom. The fourth-order valence-electron chi connectivity index (χ4n) is 5.05. The van der Waals surface area contributed by atoms with Gasteiger partial charge in [0.15, 0.2) is 8.32 Å². The molecule has 0 unspecified atom stereocenters. The molecular formula is C32H44BN8O3Si. The minimum absolute atomic E-state index is 0.0367. The van der Waals surface area contributed by atoms with E-state index < -0.39 is 13.7 Å². The van der Waals surface area contributed by atoms with Gasteiger partial charge in [-0.05, 0) is 62.7 Å². The van der Waals surface area contributed by atoms with Crippen LogP contribution < -0.4 is 10.1 Å². The van der Waals surface area contributed by atoms with Crippen LogP contribution in [-0.2, 0) is 26.0 Å². The van der Waals surface area contributed by atoms with Gasteiger partial charge in [0.25, 0.3) is 0 Å². The summed E-state index contributed by atoms with van der Waals surface area (Å²) in [7, 11) is 1.18. The van der Waals surface area contributed by atoms with Crippen LogP contribution in [0.1, 0.15) is 58.4 Å². The molecule has 1 amide bonds. The Morgan fingerprint density at radius 2 is 2.02 bits per heavy atom. The van der Waals surface area contributed by atoms with Crippen molar-refractivity contribution in [1.82, 2.24) is 24.6 Å². The first-order valence-corrected chi connectivity index (χ1v) is 18.1. The number of nitrogens with one attached hydrogen (secondary N) is 1. The molecule has 0 saturated heterocycles. The fraction of sp³-hybridized carbons (Fsp3) is 0.500. The quantitative estimate of drug-likeness (QED) is 0.230. The molecule has 0 spiro atoms. The predicted molar refractivity (Wildman–Crippen MR) is 181 cm³/mol. The van der Waals surface area contributed by atoms with Gasteiger partial charge in [-0.25, -0.2) is 14.6 Å². The van der Waals surface area contributed by atoms with Crippen molar-refractivity contribution in [2.45, 2.75) is 84.6 Å². The zero-order chi connectivity index (χ0) is 33.3. The molecule has 1 aliphatic heterocycles. The van der Waals surface area contributed by atoms with E-state index in [-0.39, 0.29) is 23.5 Å². The highest BCUT2D eigenvalue weighted by Gasteiger charge is 2.44. The SMILES string of the molecule is Cc1cc(Nc2nccc(-c3cc(C#N)c4c(c3)[C@@](C)(CO[Si](C)(C)C(C)(C)C)CN4[B]C=O)n2)n(CC(=O)N(C)C(C)C)n1. The molecule has 1 N–H and O–H groups in total. The van der Waals surface area contributed by atoms with Gasteiger partial charge in [0.2, 0.25) is 11.9 Å². The van der Waals surface area contributed by atoms with Crippen molar-refractivity contribution in [1.29, 1.82) is 5.26 Å². The summed E-state index contributed by atoms with van der Waals surface area (Å²) in [5, 5.41) is 18.0. The van der Waals surface area contributed by atoms with Crippen LogP contribution in [0.2, 0.25) is 18.1 Å². The van der Waals surface area contributed by atoms with Crippen molar-refractivity contribution < 1.29 is 14.0 Å². The largest absolute Gasteiger partial charge is 0.416 e. The number of amides is 1. The highest BCUT2D eigenvalue weighted by molar-refractivity contribution is 6.74. The van der Waals surface area contributed by atoms with Gasteiger partial charge in [-0.3, -0.25) is 4.79 Å². The number of anilines is 3. The molecule has 0 saturated carbocycles. The van der Waals surface area contributed by atoms with E-state index in [2.05, 4.69) is 62.3 Å². The third kappa shape index (κ3) is 7.12. The lowest BCUT2D eigenvalue weighted by molar-refractivity contribution is -0.132. The summed E-state index contributed by atoms with van der Waals surface area (Å²) in [6.07, 6.45) is 2.41. The van der Waals surface area contributed by atoms with Crippen LogP contribution in [0.4, 0.5) is 17.5 Å². The van der Waals surface area contributed by atoms with Crippen molar-refractivity contribution in [2.75, 3.05) is 30.3 Å². The van der Waals surface area contributed by atoms with E-state index in [9.17, 15) is 14.9 Å². The molecular weight excluding hydrogens is 583 g/mol. The zero-order valence-corrected chi connectivity index (χ0v) is 29.1. The van der Waals surface area contributed by atoms with Crippen molar-refractivity contribution in [3.8, 4) is 17.3 Å². The van der Waals surface area contributed by atoms with Crippen molar-refractivity contribution in [3.63, 3.8) is 0 Å². The lowest BCUT2D eigenvalue weighted by Crippen LogP contribution is -2.46. The average Bonchev–Trinajstić information content (AvgIpc) is 3.46. The van der Waals surface area contributed by atoms with Crippen LogP contribution in [-0.4, -0.2) is 78.7 Å². The number of nitrogens with zero attached hydrogens (tertiary/aromatic N) is 7. The van der Waals surface area contributed by atoms with Gasteiger partial charge in [-0.2, -0.15) is 10.4 Å². The monoisotopic (exact) mass is 627 g/mol. The van der Waals surface area contributed by atoms with Gasteiger partial charge in [0.05, 0.1) is 17.0 Å². The van der Waals surface area contributed by atoms with E-state index in [0.717, 1.165) is 28.7 Å². The molecule has 45 heavy (non-hydrogen) atoms. The third-order valence-corrected chi connectivity index (χ3v) is 13.5. The summed E-state index contributed by atoms with van der Waals surface area (Å²) in [6, 6.07) is 9.90. The summed E-state index contributed by atoms with van der Waals surface area (Å²) >= 11 is 0. The summed E-state index contributed by atoms with van der Waals surface area (Å²) in [5.74, 6) is 0.865. The fourth-order valence-corrected chi connectivity index (χ4v) is 6.16. The minimum atomic E-state index is -2.07. The Bertz CT molecular complexity index is 1630. The highest BCUT2D eigenvalue weighted by atomic mass is 28.4. The van der Waals surface area contributed by atoms with E-state index >= 15 is 0 Å². The second kappa shape index (κ2) is 12.8. The van der Waals surface area contributed by atoms with Crippen LogP contribution in [0.15, 0.2) is 30.5 Å². The number of nitriles is 1.